The van der Waals surface area contributed by atoms with Crippen LogP contribution in [0.25, 0.3) is 0 Å². The Balaban J connectivity index is 2.23. The van der Waals surface area contributed by atoms with E-state index in [0.717, 1.165) is 31.6 Å². The van der Waals surface area contributed by atoms with Crippen LogP contribution in [-0.4, -0.2) is 24.1 Å². The Bertz CT molecular complexity index is 439. The van der Waals surface area contributed by atoms with E-state index in [2.05, 4.69) is 4.90 Å². The molecule has 0 saturated carbocycles. The van der Waals surface area contributed by atoms with Crippen molar-refractivity contribution in [2.75, 3.05) is 18.0 Å². The molecule has 0 bridgehead atoms. The molecule has 1 saturated heterocycles. The second kappa shape index (κ2) is 4.89. The number of nitro groups is 1. The zero-order valence-corrected chi connectivity index (χ0v) is 10.1. The van der Waals surface area contributed by atoms with Gasteiger partial charge in [-0.2, -0.15) is 0 Å². The SMILES string of the molecule is NC1CCCN(c2ccc([N+](=O)[O-])cc2Cl)C1. The molecule has 1 fully saturated rings. The van der Waals surface area contributed by atoms with Crippen LogP contribution in [0.3, 0.4) is 0 Å². The summed E-state index contributed by atoms with van der Waals surface area (Å²) in [4.78, 5) is 12.2. The predicted octanol–water partition coefficient (Wildman–Crippen LogP) is 2.18. The standard InChI is InChI=1S/C11H14ClN3O2/c12-10-6-9(15(16)17)3-4-11(10)14-5-1-2-8(13)7-14/h3-4,6,8H,1-2,5,7,13H2. The molecule has 0 aliphatic carbocycles. The number of piperidine rings is 1. The van der Waals surface area contributed by atoms with E-state index in [0.29, 0.717) is 5.02 Å². The van der Waals surface area contributed by atoms with Crippen LogP contribution in [-0.2, 0) is 0 Å². The largest absolute Gasteiger partial charge is 0.369 e. The number of anilines is 1. The van der Waals surface area contributed by atoms with Gasteiger partial charge in [0.05, 0.1) is 15.6 Å². The molecule has 2 N–H and O–H groups in total. The fourth-order valence-corrected chi connectivity index (χ4v) is 2.39. The normalized spacial score (nSPS) is 20.4. The molecule has 0 amide bonds. The number of non-ortho nitro benzene ring substituents is 1. The third-order valence-corrected chi connectivity index (χ3v) is 3.24. The first-order valence-corrected chi connectivity index (χ1v) is 5.90. The van der Waals surface area contributed by atoms with Crippen LogP contribution in [0.15, 0.2) is 18.2 Å². The molecule has 5 nitrogen and oxygen atoms in total. The van der Waals surface area contributed by atoms with E-state index < -0.39 is 4.92 Å². The number of rotatable bonds is 2. The number of hydrogen-bond acceptors (Lipinski definition) is 4. The molecule has 1 heterocycles. The average Bonchev–Trinajstić information content (AvgIpc) is 2.28. The molecule has 1 atom stereocenters. The minimum absolute atomic E-state index is 0.0139. The van der Waals surface area contributed by atoms with Gasteiger partial charge in [-0.05, 0) is 18.9 Å². The van der Waals surface area contributed by atoms with E-state index in [1.54, 1.807) is 6.07 Å². The van der Waals surface area contributed by atoms with Crippen LogP contribution >= 0.6 is 11.6 Å². The summed E-state index contributed by atoms with van der Waals surface area (Å²) in [6.07, 6.45) is 2.04. The maximum Gasteiger partial charge on any atom is 0.271 e. The summed E-state index contributed by atoms with van der Waals surface area (Å²) >= 11 is 6.07. The Morgan fingerprint density at radius 3 is 2.88 bits per heavy atom. The molecule has 0 spiro atoms. The topological polar surface area (TPSA) is 72.4 Å². The minimum Gasteiger partial charge on any atom is -0.369 e. The van der Waals surface area contributed by atoms with Gasteiger partial charge in [0.25, 0.3) is 5.69 Å². The van der Waals surface area contributed by atoms with Gasteiger partial charge in [-0.1, -0.05) is 11.6 Å². The van der Waals surface area contributed by atoms with Gasteiger partial charge in [0.15, 0.2) is 0 Å². The lowest BCUT2D eigenvalue weighted by Crippen LogP contribution is -2.42. The van der Waals surface area contributed by atoms with E-state index in [1.165, 1.54) is 12.1 Å². The number of halogens is 1. The second-order valence-electron chi connectivity index (χ2n) is 4.24. The molecule has 0 aromatic heterocycles. The van der Waals surface area contributed by atoms with Crippen molar-refractivity contribution in [3.8, 4) is 0 Å². The zero-order chi connectivity index (χ0) is 12.4. The Hall–Kier alpha value is -1.33. The molecule has 1 aliphatic heterocycles. The van der Waals surface area contributed by atoms with Gasteiger partial charge in [-0.25, -0.2) is 0 Å². The zero-order valence-electron chi connectivity index (χ0n) is 9.30. The summed E-state index contributed by atoms with van der Waals surface area (Å²) in [6, 6.07) is 4.70. The highest BCUT2D eigenvalue weighted by atomic mass is 35.5. The summed E-state index contributed by atoms with van der Waals surface area (Å²) in [5.41, 5.74) is 6.74. The van der Waals surface area contributed by atoms with Gasteiger partial charge in [0.2, 0.25) is 0 Å². The highest BCUT2D eigenvalue weighted by molar-refractivity contribution is 6.33. The monoisotopic (exact) mass is 255 g/mol. The maximum atomic E-state index is 10.6. The van der Waals surface area contributed by atoms with E-state index in [1.807, 2.05) is 0 Å². The van der Waals surface area contributed by atoms with Gasteiger partial charge in [-0.3, -0.25) is 10.1 Å². The second-order valence-corrected chi connectivity index (χ2v) is 4.65. The van der Waals surface area contributed by atoms with Crippen molar-refractivity contribution in [2.24, 2.45) is 5.73 Å². The van der Waals surface area contributed by atoms with Gasteiger partial charge >= 0.3 is 0 Å². The maximum absolute atomic E-state index is 10.6. The van der Waals surface area contributed by atoms with Crippen molar-refractivity contribution >= 4 is 23.0 Å². The molecule has 1 aromatic carbocycles. The Morgan fingerprint density at radius 1 is 1.53 bits per heavy atom. The van der Waals surface area contributed by atoms with Crippen LogP contribution in [0, 0.1) is 10.1 Å². The lowest BCUT2D eigenvalue weighted by atomic mass is 10.1. The van der Waals surface area contributed by atoms with Crippen molar-refractivity contribution in [2.45, 2.75) is 18.9 Å². The Labute approximate surface area is 104 Å². The highest BCUT2D eigenvalue weighted by Gasteiger charge is 2.20. The fraction of sp³-hybridized carbons (Fsp3) is 0.455. The summed E-state index contributed by atoms with van der Waals surface area (Å²) in [6.45, 7) is 1.64. The van der Waals surface area contributed by atoms with Gasteiger partial charge < -0.3 is 10.6 Å². The van der Waals surface area contributed by atoms with Crippen LogP contribution in [0.2, 0.25) is 5.02 Å². The van der Waals surface area contributed by atoms with Crippen LogP contribution < -0.4 is 10.6 Å². The summed E-state index contributed by atoms with van der Waals surface area (Å²) in [5.74, 6) is 0. The van der Waals surface area contributed by atoms with Crippen molar-refractivity contribution in [1.82, 2.24) is 0 Å². The molecule has 92 valence electrons. The molecule has 6 heteroatoms. The summed E-state index contributed by atoms with van der Waals surface area (Å²) in [7, 11) is 0. The van der Waals surface area contributed by atoms with Crippen molar-refractivity contribution in [3.05, 3.63) is 33.3 Å². The van der Waals surface area contributed by atoms with Gasteiger partial charge in [-0.15, -0.1) is 0 Å². The lowest BCUT2D eigenvalue weighted by Gasteiger charge is -2.33. The molecular weight excluding hydrogens is 242 g/mol. The number of hydrogen-bond donors (Lipinski definition) is 1. The third-order valence-electron chi connectivity index (χ3n) is 2.94. The molecule has 2 rings (SSSR count). The average molecular weight is 256 g/mol. The van der Waals surface area contributed by atoms with Gasteiger partial charge in [0, 0.05) is 31.3 Å². The van der Waals surface area contributed by atoms with E-state index in [4.69, 9.17) is 17.3 Å². The first-order valence-electron chi connectivity index (χ1n) is 5.52. The van der Waals surface area contributed by atoms with E-state index in [-0.39, 0.29) is 11.7 Å². The van der Waals surface area contributed by atoms with Crippen LogP contribution in [0.5, 0.6) is 0 Å². The number of nitrogens with zero attached hydrogens (tertiary/aromatic N) is 2. The predicted molar refractivity (Wildman–Crippen MR) is 67.5 cm³/mol. The molecule has 17 heavy (non-hydrogen) atoms. The lowest BCUT2D eigenvalue weighted by molar-refractivity contribution is -0.384. The smallest absolute Gasteiger partial charge is 0.271 e. The Kier molecular flexibility index (Phi) is 3.49. The summed E-state index contributed by atoms with van der Waals surface area (Å²) < 4.78 is 0. The molecule has 1 aliphatic rings. The molecule has 0 radical (unpaired) electrons. The molecule has 1 unspecified atom stereocenters. The number of nitrogens with two attached hydrogens (primary N) is 1. The van der Waals surface area contributed by atoms with Crippen molar-refractivity contribution in [1.29, 1.82) is 0 Å². The summed E-state index contributed by atoms with van der Waals surface area (Å²) in [5, 5.41) is 11.0. The first kappa shape index (κ1) is 12.1. The Morgan fingerprint density at radius 2 is 2.29 bits per heavy atom. The molecular formula is C11H14ClN3O2. The van der Waals surface area contributed by atoms with E-state index in [9.17, 15) is 10.1 Å². The third kappa shape index (κ3) is 2.68. The first-order chi connectivity index (χ1) is 8.08. The minimum atomic E-state index is -0.447. The van der Waals surface area contributed by atoms with E-state index >= 15 is 0 Å². The quantitative estimate of drug-likeness (QED) is 0.649. The highest BCUT2D eigenvalue weighted by Crippen LogP contribution is 2.31. The van der Waals surface area contributed by atoms with Crippen LogP contribution in [0.1, 0.15) is 12.8 Å². The number of benzene rings is 1. The number of nitro benzene ring substituents is 1. The fourth-order valence-electron chi connectivity index (χ4n) is 2.09. The van der Waals surface area contributed by atoms with Crippen molar-refractivity contribution < 1.29 is 4.92 Å². The van der Waals surface area contributed by atoms with Gasteiger partial charge in [0.1, 0.15) is 0 Å². The van der Waals surface area contributed by atoms with Crippen LogP contribution in [0.4, 0.5) is 11.4 Å². The molecule has 1 aromatic rings. The van der Waals surface area contributed by atoms with Crippen molar-refractivity contribution in [3.63, 3.8) is 0 Å².